The van der Waals surface area contributed by atoms with Crippen molar-refractivity contribution in [3.63, 3.8) is 0 Å². The maximum absolute atomic E-state index is 13.2. The number of anilines is 2. The van der Waals surface area contributed by atoms with E-state index in [-0.39, 0.29) is 31.2 Å². The van der Waals surface area contributed by atoms with Gasteiger partial charge in [-0.25, -0.2) is 4.79 Å². The molecule has 8 heteroatoms. The summed E-state index contributed by atoms with van der Waals surface area (Å²) in [5.74, 6) is -1.000. The lowest BCUT2D eigenvalue weighted by molar-refractivity contribution is -0.145. The van der Waals surface area contributed by atoms with Crippen molar-refractivity contribution < 1.29 is 23.5 Å². The molecule has 194 valence electrons. The second-order valence-corrected chi connectivity index (χ2v) is 8.76. The Kier molecular flexibility index (Phi) is 8.33. The molecule has 8 nitrogen and oxygen atoms in total. The van der Waals surface area contributed by atoms with E-state index < -0.39 is 5.97 Å². The van der Waals surface area contributed by atoms with E-state index in [1.807, 2.05) is 61.5 Å². The zero-order valence-electron chi connectivity index (χ0n) is 21.6. The number of rotatable bonds is 9. The van der Waals surface area contributed by atoms with Gasteiger partial charge in [0.15, 0.2) is 5.58 Å². The van der Waals surface area contributed by atoms with Gasteiger partial charge in [-0.2, -0.15) is 4.98 Å². The summed E-state index contributed by atoms with van der Waals surface area (Å²) in [6.07, 6.45) is 3.22. The second kappa shape index (κ2) is 12.0. The van der Waals surface area contributed by atoms with Crippen molar-refractivity contribution in [2.45, 2.75) is 33.2 Å². The molecule has 0 radical (unpaired) electrons. The highest BCUT2D eigenvalue weighted by molar-refractivity contribution is 5.96. The van der Waals surface area contributed by atoms with E-state index in [9.17, 15) is 14.4 Å². The number of carbonyl (C=O) groups excluding carboxylic acids is 3. The number of carbonyl (C=O) groups is 3. The van der Waals surface area contributed by atoms with Gasteiger partial charge < -0.3 is 14.5 Å². The first-order valence-electron chi connectivity index (χ1n) is 12.3. The minimum Gasteiger partial charge on any atom is -0.466 e. The van der Waals surface area contributed by atoms with Gasteiger partial charge in [-0.05, 0) is 53.5 Å². The molecule has 0 saturated heterocycles. The summed E-state index contributed by atoms with van der Waals surface area (Å²) in [5, 5.41) is 3.19. The van der Waals surface area contributed by atoms with Crippen molar-refractivity contribution in [1.82, 2.24) is 9.88 Å². The quantitative estimate of drug-likeness (QED) is 0.231. The average Bonchev–Trinajstić information content (AvgIpc) is 3.33. The van der Waals surface area contributed by atoms with E-state index in [1.54, 1.807) is 25.1 Å². The number of hydrogen-bond acceptors (Lipinski definition) is 7. The van der Waals surface area contributed by atoms with Crippen LogP contribution in [0.25, 0.3) is 17.2 Å². The zero-order chi connectivity index (χ0) is 27.1. The van der Waals surface area contributed by atoms with Gasteiger partial charge >= 0.3 is 5.97 Å². The van der Waals surface area contributed by atoms with Gasteiger partial charge in [0.25, 0.3) is 6.01 Å². The predicted molar refractivity (Wildman–Crippen MR) is 146 cm³/mol. The van der Waals surface area contributed by atoms with Crippen LogP contribution in [-0.4, -0.2) is 34.8 Å². The molecule has 0 aliphatic carbocycles. The van der Waals surface area contributed by atoms with Gasteiger partial charge in [0.1, 0.15) is 5.52 Å². The van der Waals surface area contributed by atoms with Gasteiger partial charge in [-0.15, -0.1) is 0 Å². The van der Waals surface area contributed by atoms with E-state index in [2.05, 4.69) is 15.0 Å². The van der Waals surface area contributed by atoms with E-state index in [0.717, 1.165) is 27.9 Å². The Balaban J connectivity index is 1.46. The number of benzene rings is 3. The maximum Gasteiger partial charge on any atom is 0.330 e. The molecule has 0 unspecified atom stereocenters. The van der Waals surface area contributed by atoms with Crippen molar-refractivity contribution in [3.8, 4) is 0 Å². The van der Waals surface area contributed by atoms with Gasteiger partial charge in [0, 0.05) is 18.2 Å². The minimum atomic E-state index is -0.443. The molecule has 1 aromatic heterocycles. The van der Waals surface area contributed by atoms with Crippen LogP contribution in [0.5, 0.6) is 0 Å². The number of ether oxygens (including phenoxy) is 1. The van der Waals surface area contributed by atoms with E-state index in [1.165, 1.54) is 18.1 Å². The molecule has 1 heterocycles. The number of hydrogen-bond donors (Lipinski definition) is 1. The van der Waals surface area contributed by atoms with Crippen LogP contribution in [0.3, 0.4) is 0 Å². The molecule has 38 heavy (non-hydrogen) atoms. The summed E-state index contributed by atoms with van der Waals surface area (Å²) in [6, 6.07) is 20.9. The fourth-order valence-corrected chi connectivity index (χ4v) is 3.89. The first-order valence-corrected chi connectivity index (χ1v) is 12.3. The van der Waals surface area contributed by atoms with Crippen LogP contribution in [-0.2, 0) is 32.1 Å². The van der Waals surface area contributed by atoms with Gasteiger partial charge in [-0.1, -0.05) is 55.5 Å². The molecule has 1 N–H and O–H groups in total. The number of methoxy groups -OCH3 is 1. The van der Waals surface area contributed by atoms with Crippen LogP contribution in [0.1, 0.15) is 35.6 Å². The van der Waals surface area contributed by atoms with Crippen molar-refractivity contribution in [1.29, 1.82) is 0 Å². The molecule has 0 aliphatic rings. The summed E-state index contributed by atoms with van der Waals surface area (Å²) in [4.78, 5) is 42.9. The number of aryl methyl sites for hydroxylation is 1. The predicted octanol–water partition coefficient (Wildman–Crippen LogP) is 5.57. The molecule has 0 bridgehead atoms. The monoisotopic (exact) mass is 511 g/mol. The lowest BCUT2D eigenvalue weighted by Crippen LogP contribution is -2.37. The van der Waals surface area contributed by atoms with Crippen LogP contribution < -0.4 is 5.32 Å². The Bertz CT molecular complexity index is 1490. The van der Waals surface area contributed by atoms with E-state index in [4.69, 9.17) is 4.42 Å². The molecule has 3 aromatic carbocycles. The summed E-state index contributed by atoms with van der Waals surface area (Å²) < 4.78 is 10.5. The highest BCUT2D eigenvalue weighted by atomic mass is 16.5. The molecule has 4 rings (SSSR count). The summed E-state index contributed by atoms with van der Waals surface area (Å²) in [7, 11) is 1.32. The number of imide groups is 1. The smallest absolute Gasteiger partial charge is 0.330 e. The number of para-hydroxylation sites is 1. The van der Waals surface area contributed by atoms with Gasteiger partial charge in [0.2, 0.25) is 11.8 Å². The number of nitrogens with zero attached hydrogens (tertiary/aromatic N) is 2. The molecule has 0 fully saturated rings. The summed E-state index contributed by atoms with van der Waals surface area (Å²) >= 11 is 0. The number of esters is 1. The van der Waals surface area contributed by atoms with Crippen molar-refractivity contribution >= 4 is 46.7 Å². The zero-order valence-corrected chi connectivity index (χ0v) is 21.6. The molecular weight excluding hydrogens is 482 g/mol. The highest BCUT2D eigenvalue weighted by Crippen LogP contribution is 2.25. The summed E-state index contributed by atoms with van der Waals surface area (Å²) in [5.41, 5.74) is 5.50. The van der Waals surface area contributed by atoms with E-state index in [0.29, 0.717) is 17.1 Å². The number of fused-ring (bicyclic) bond motifs is 1. The largest absolute Gasteiger partial charge is 0.466 e. The molecule has 0 atom stereocenters. The van der Waals surface area contributed by atoms with Crippen LogP contribution >= 0.6 is 0 Å². The number of oxazole rings is 1. The molecular formula is C30H29N3O5. The fourth-order valence-electron chi connectivity index (χ4n) is 3.89. The third-order valence-electron chi connectivity index (χ3n) is 6.03. The van der Waals surface area contributed by atoms with Crippen molar-refractivity contribution in [2.24, 2.45) is 0 Å². The molecule has 0 spiro atoms. The van der Waals surface area contributed by atoms with E-state index >= 15 is 0 Å². The first kappa shape index (κ1) is 26.3. The SMILES string of the molecule is CCC(=O)N(Cc1ccc(/C=C/C(=O)OC)cc1)C(=O)Cc1ccc2nc(Nc3ccccc3C)oc2c1. The van der Waals surface area contributed by atoms with Crippen LogP contribution in [0.2, 0.25) is 0 Å². The first-order chi connectivity index (χ1) is 18.4. The van der Waals surface area contributed by atoms with Crippen LogP contribution in [0.15, 0.2) is 77.2 Å². The normalized spacial score (nSPS) is 11.0. The Morgan fingerprint density at radius 3 is 2.45 bits per heavy atom. The topological polar surface area (TPSA) is 102 Å². The summed E-state index contributed by atoms with van der Waals surface area (Å²) in [6.45, 7) is 3.88. The Labute approximate surface area is 220 Å². The standard InChI is InChI=1S/C30H29N3O5/c1-4-27(34)33(19-22-11-9-21(10-12-22)14-16-29(36)37-3)28(35)18-23-13-15-25-26(17-23)38-30(32-25)31-24-8-6-5-7-20(24)2/h5-17H,4,18-19H2,1-3H3,(H,31,32)/b16-14+. The van der Waals surface area contributed by atoms with Crippen molar-refractivity contribution in [3.05, 3.63) is 95.1 Å². The Morgan fingerprint density at radius 2 is 1.74 bits per heavy atom. The van der Waals surface area contributed by atoms with Crippen LogP contribution in [0.4, 0.5) is 11.7 Å². The third kappa shape index (κ3) is 6.53. The second-order valence-electron chi connectivity index (χ2n) is 8.76. The Morgan fingerprint density at radius 1 is 1.00 bits per heavy atom. The van der Waals surface area contributed by atoms with Gasteiger partial charge in [-0.3, -0.25) is 14.5 Å². The highest BCUT2D eigenvalue weighted by Gasteiger charge is 2.21. The Hall–Kier alpha value is -4.72. The number of aromatic nitrogens is 1. The molecule has 0 aliphatic heterocycles. The van der Waals surface area contributed by atoms with Crippen LogP contribution in [0, 0.1) is 6.92 Å². The maximum atomic E-state index is 13.2. The molecule has 4 aromatic rings. The third-order valence-corrected chi connectivity index (χ3v) is 6.03. The average molecular weight is 512 g/mol. The minimum absolute atomic E-state index is 0.0445. The van der Waals surface area contributed by atoms with Gasteiger partial charge in [0.05, 0.1) is 20.1 Å². The number of amides is 2. The fraction of sp³-hybridized carbons (Fsp3) is 0.200. The lowest BCUT2D eigenvalue weighted by Gasteiger charge is -2.20. The number of nitrogens with one attached hydrogen (secondary N) is 1. The molecule has 2 amide bonds. The lowest BCUT2D eigenvalue weighted by atomic mass is 10.1. The molecule has 0 saturated carbocycles. The van der Waals surface area contributed by atoms with Crippen molar-refractivity contribution in [2.75, 3.05) is 12.4 Å².